The summed E-state index contributed by atoms with van der Waals surface area (Å²) in [5.41, 5.74) is 0. The zero-order valence-electron chi connectivity index (χ0n) is 9.64. The normalized spacial score (nSPS) is 20.3. The molecule has 2 aliphatic heterocycles. The van der Waals surface area contributed by atoms with Crippen LogP contribution in [-0.2, 0) is 9.53 Å². The summed E-state index contributed by atoms with van der Waals surface area (Å²) in [5, 5.41) is 2.74. The van der Waals surface area contributed by atoms with E-state index in [-0.39, 0.29) is 24.6 Å². The van der Waals surface area contributed by atoms with Crippen LogP contribution in [0.2, 0.25) is 0 Å². The maximum Gasteiger partial charge on any atom is 0.417 e. The third kappa shape index (κ3) is 2.17. The van der Waals surface area contributed by atoms with Crippen LogP contribution < -0.4 is 5.32 Å². The van der Waals surface area contributed by atoms with Gasteiger partial charge in [-0.15, -0.1) is 0 Å². The molecule has 2 saturated heterocycles. The molecule has 2 aliphatic rings. The van der Waals surface area contributed by atoms with Crippen molar-refractivity contribution in [3.63, 3.8) is 0 Å². The molecular formula is C10H15N3O4. The van der Waals surface area contributed by atoms with Gasteiger partial charge in [-0.1, -0.05) is 6.92 Å². The second kappa shape index (κ2) is 4.60. The van der Waals surface area contributed by atoms with Crippen LogP contribution >= 0.6 is 0 Å². The molecule has 0 saturated carbocycles. The van der Waals surface area contributed by atoms with Gasteiger partial charge >= 0.3 is 12.1 Å². The number of amides is 4. The molecule has 7 heteroatoms. The number of ether oxygens (including phenoxy) is 1. The fourth-order valence-electron chi connectivity index (χ4n) is 1.85. The lowest BCUT2D eigenvalue weighted by molar-refractivity contribution is -0.129. The Bertz CT molecular complexity index is 335. The summed E-state index contributed by atoms with van der Waals surface area (Å²) in [6, 6.07) is -0.381. The number of nitrogens with one attached hydrogen (secondary N) is 1. The molecule has 0 bridgehead atoms. The summed E-state index contributed by atoms with van der Waals surface area (Å²) in [5.74, 6) is -0.325. The summed E-state index contributed by atoms with van der Waals surface area (Å²) in [6.45, 7) is 3.19. The molecule has 2 rings (SSSR count). The van der Waals surface area contributed by atoms with Crippen LogP contribution in [0.3, 0.4) is 0 Å². The van der Waals surface area contributed by atoms with Crippen LogP contribution in [-0.4, -0.2) is 60.1 Å². The summed E-state index contributed by atoms with van der Waals surface area (Å²) in [7, 11) is 0. The Balaban J connectivity index is 1.80. The Morgan fingerprint density at radius 3 is 2.71 bits per heavy atom. The van der Waals surface area contributed by atoms with Gasteiger partial charge in [0, 0.05) is 19.6 Å². The van der Waals surface area contributed by atoms with Gasteiger partial charge in [-0.25, -0.2) is 14.5 Å². The number of rotatable bonds is 3. The Kier molecular flexibility index (Phi) is 3.16. The van der Waals surface area contributed by atoms with E-state index in [9.17, 15) is 14.4 Å². The van der Waals surface area contributed by atoms with E-state index in [2.05, 4.69) is 10.1 Å². The van der Waals surface area contributed by atoms with Crippen LogP contribution in [0.15, 0.2) is 0 Å². The van der Waals surface area contributed by atoms with Gasteiger partial charge in [0.15, 0.2) is 6.61 Å². The van der Waals surface area contributed by atoms with Gasteiger partial charge in [-0.05, 0) is 6.42 Å². The van der Waals surface area contributed by atoms with Gasteiger partial charge in [-0.2, -0.15) is 0 Å². The first-order valence-electron chi connectivity index (χ1n) is 5.65. The van der Waals surface area contributed by atoms with E-state index in [0.717, 1.165) is 11.3 Å². The summed E-state index contributed by atoms with van der Waals surface area (Å²) >= 11 is 0. The van der Waals surface area contributed by atoms with Crippen molar-refractivity contribution in [2.75, 3.05) is 26.2 Å². The van der Waals surface area contributed by atoms with E-state index in [1.165, 1.54) is 0 Å². The summed E-state index contributed by atoms with van der Waals surface area (Å²) in [4.78, 5) is 36.7. The predicted molar refractivity (Wildman–Crippen MR) is 57.2 cm³/mol. The maximum atomic E-state index is 11.5. The highest BCUT2D eigenvalue weighted by molar-refractivity contribution is 5.98. The molecule has 0 radical (unpaired) electrons. The van der Waals surface area contributed by atoms with E-state index in [1.54, 1.807) is 4.90 Å². The number of carbonyl (C=O) groups excluding carboxylic acids is 3. The first-order chi connectivity index (χ1) is 8.13. The predicted octanol–water partition coefficient (Wildman–Crippen LogP) is -0.231. The average Bonchev–Trinajstić information content (AvgIpc) is 2.56. The number of hydrogen-bond donors (Lipinski definition) is 1. The fraction of sp³-hybridized carbons (Fsp3) is 0.700. The largest absolute Gasteiger partial charge is 0.439 e. The summed E-state index contributed by atoms with van der Waals surface area (Å²) in [6.07, 6.45) is 0.272. The van der Waals surface area contributed by atoms with E-state index in [1.807, 2.05) is 6.92 Å². The average molecular weight is 241 g/mol. The molecule has 94 valence electrons. The lowest BCUT2D eigenvalue weighted by Gasteiger charge is -2.41. The molecule has 17 heavy (non-hydrogen) atoms. The Morgan fingerprint density at radius 2 is 2.18 bits per heavy atom. The number of likely N-dealkylation sites (tertiary alicyclic amines) is 1. The van der Waals surface area contributed by atoms with Gasteiger partial charge in [0.25, 0.3) is 5.91 Å². The number of nitrogens with zero attached hydrogens (tertiary/aromatic N) is 2. The second-order valence-electron chi connectivity index (χ2n) is 4.11. The maximum absolute atomic E-state index is 11.5. The molecular weight excluding hydrogens is 226 g/mol. The third-order valence-electron chi connectivity index (χ3n) is 2.83. The number of carbonyl (C=O) groups is 3. The molecule has 0 unspecified atom stereocenters. The lowest BCUT2D eigenvalue weighted by atomic mass is 10.1. The number of urea groups is 1. The van der Waals surface area contributed by atoms with Crippen molar-refractivity contribution in [1.29, 1.82) is 0 Å². The molecule has 0 spiro atoms. The molecule has 2 fully saturated rings. The molecule has 0 aromatic rings. The van der Waals surface area contributed by atoms with Crippen molar-refractivity contribution in [3.05, 3.63) is 0 Å². The topological polar surface area (TPSA) is 79.0 Å². The van der Waals surface area contributed by atoms with Crippen LogP contribution in [0.25, 0.3) is 0 Å². The minimum Gasteiger partial charge on any atom is -0.439 e. The molecule has 7 nitrogen and oxygen atoms in total. The molecule has 0 aliphatic carbocycles. The van der Waals surface area contributed by atoms with Crippen LogP contribution in [0.5, 0.6) is 0 Å². The van der Waals surface area contributed by atoms with Crippen molar-refractivity contribution in [2.45, 2.75) is 19.4 Å². The highest BCUT2D eigenvalue weighted by Gasteiger charge is 2.44. The number of hydrogen-bond acceptors (Lipinski definition) is 4. The van der Waals surface area contributed by atoms with Gasteiger partial charge in [0.2, 0.25) is 0 Å². The first kappa shape index (κ1) is 11.7. The Labute approximate surface area is 98.7 Å². The molecule has 0 atom stereocenters. The smallest absolute Gasteiger partial charge is 0.417 e. The van der Waals surface area contributed by atoms with Crippen molar-refractivity contribution in [3.8, 4) is 0 Å². The van der Waals surface area contributed by atoms with Crippen molar-refractivity contribution in [2.24, 2.45) is 0 Å². The molecule has 2 heterocycles. The minimum atomic E-state index is -0.603. The third-order valence-corrected chi connectivity index (χ3v) is 2.83. The van der Waals surface area contributed by atoms with Gasteiger partial charge in [-0.3, -0.25) is 4.79 Å². The quantitative estimate of drug-likeness (QED) is 0.740. The van der Waals surface area contributed by atoms with Gasteiger partial charge < -0.3 is 15.0 Å². The monoisotopic (exact) mass is 241 g/mol. The molecule has 4 amide bonds. The highest BCUT2D eigenvalue weighted by Crippen LogP contribution is 2.19. The van der Waals surface area contributed by atoms with E-state index >= 15 is 0 Å². The van der Waals surface area contributed by atoms with Crippen molar-refractivity contribution in [1.82, 2.24) is 15.1 Å². The number of cyclic esters (lactones) is 1. The molecule has 1 N–H and O–H groups in total. The molecule has 0 aromatic carbocycles. The standard InChI is InChI=1S/C10H15N3O4/c1-2-3-11-9(15)12-4-7(5-12)13-8(14)6-17-10(13)16/h7H,2-6H2,1H3,(H,11,15). The van der Waals surface area contributed by atoms with E-state index < -0.39 is 6.09 Å². The second-order valence-corrected chi connectivity index (χ2v) is 4.11. The SMILES string of the molecule is CCCNC(=O)N1CC(N2C(=O)COC2=O)C1. The van der Waals surface area contributed by atoms with Crippen molar-refractivity contribution >= 4 is 18.0 Å². The first-order valence-corrected chi connectivity index (χ1v) is 5.65. The van der Waals surface area contributed by atoms with Gasteiger partial charge in [0.05, 0.1) is 6.04 Å². The van der Waals surface area contributed by atoms with Crippen LogP contribution in [0, 0.1) is 0 Å². The zero-order chi connectivity index (χ0) is 12.4. The molecule has 0 aromatic heterocycles. The zero-order valence-corrected chi connectivity index (χ0v) is 9.64. The number of imide groups is 1. The fourth-order valence-corrected chi connectivity index (χ4v) is 1.85. The van der Waals surface area contributed by atoms with Crippen molar-refractivity contribution < 1.29 is 19.1 Å². The highest BCUT2D eigenvalue weighted by atomic mass is 16.6. The van der Waals surface area contributed by atoms with E-state index in [4.69, 9.17) is 0 Å². The van der Waals surface area contributed by atoms with E-state index in [0.29, 0.717) is 19.6 Å². The van der Waals surface area contributed by atoms with Crippen LogP contribution in [0.4, 0.5) is 9.59 Å². The summed E-state index contributed by atoms with van der Waals surface area (Å²) < 4.78 is 4.61. The Morgan fingerprint density at radius 1 is 1.47 bits per heavy atom. The lowest BCUT2D eigenvalue weighted by Crippen LogP contribution is -2.63. The minimum absolute atomic E-state index is 0.150. The van der Waals surface area contributed by atoms with Gasteiger partial charge in [0.1, 0.15) is 0 Å². The van der Waals surface area contributed by atoms with Crippen LogP contribution in [0.1, 0.15) is 13.3 Å². The Hall–Kier alpha value is -1.79.